The Kier molecular flexibility index (Phi) is 4.95. The second kappa shape index (κ2) is 6.25. The lowest BCUT2D eigenvalue weighted by molar-refractivity contribution is 0.0696. The van der Waals surface area contributed by atoms with E-state index < -0.39 is 0 Å². The molecular weight excluding hydrogens is 204 g/mol. The van der Waals surface area contributed by atoms with Crippen molar-refractivity contribution in [2.75, 3.05) is 6.54 Å². The molecule has 1 rings (SSSR count). The number of aromatic amines is 1. The van der Waals surface area contributed by atoms with Gasteiger partial charge >= 0.3 is 0 Å². The fraction of sp³-hybridized carbons (Fsp3) is 0.727. The molecule has 0 bridgehead atoms. The quantitative estimate of drug-likeness (QED) is 0.750. The number of nitrogens with one attached hydrogen (secondary N) is 1. The van der Waals surface area contributed by atoms with Gasteiger partial charge in [0.1, 0.15) is 0 Å². The highest BCUT2D eigenvalue weighted by molar-refractivity contribution is 5.92. The number of nitrogens with zero attached hydrogens (tertiary/aromatic N) is 3. The Labute approximate surface area is 96.2 Å². The van der Waals surface area contributed by atoms with Crippen LogP contribution in [0.15, 0.2) is 6.20 Å². The van der Waals surface area contributed by atoms with Gasteiger partial charge in [-0.05, 0) is 20.3 Å². The van der Waals surface area contributed by atoms with Gasteiger partial charge in [-0.25, -0.2) is 0 Å². The van der Waals surface area contributed by atoms with Crippen molar-refractivity contribution in [2.45, 2.75) is 46.1 Å². The van der Waals surface area contributed by atoms with Crippen LogP contribution in [0.3, 0.4) is 0 Å². The van der Waals surface area contributed by atoms with Crippen molar-refractivity contribution in [3.8, 4) is 0 Å². The molecule has 0 aliphatic carbocycles. The molecule has 0 spiro atoms. The Morgan fingerprint density at radius 3 is 2.75 bits per heavy atom. The number of aromatic nitrogens is 3. The van der Waals surface area contributed by atoms with Gasteiger partial charge in [0.15, 0.2) is 5.69 Å². The van der Waals surface area contributed by atoms with Gasteiger partial charge in [-0.3, -0.25) is 4.79 Å². The average Bonchev–Trinajstić information content (AvgIpc) is 2.76. The maximum atomic E-state index is 12.0. The molecule has 1 aromatic rings. The normalized spacial score (nSPS) is 10.8. The third-order valence-corrected chi connectivity index (χ3v) is 2.52. The summed E-state index contributed by atoms with van der Waals surface area (Å²) in [5.74, 6) is -0.0418. The van der Waals surface area contributed by atoms with Crippen LogP contribution in [0.5, 0.6) is 0 Å². The predicted molar refractivity (Wildman–Crippen MR) is 62.1 cm³/mol. The molecule has 0 fully saturated rings. The molecule has 5 heteroatoms. The van der Waals surface area contributed by atoms with Crippen LogP contribution in [0.4, 0.5) is 0 Å². The highest BCUT2D eigenvalue weighted by Gasteiger charge is 2.20. The van der Waals surface area contributed by atoms with Crippen LogP contribution in [0.25, 0.3) is 0 Å². The SMILES string of the molecule is CCCCCN(C(=O)c1cn[nH]n1)C(C)C. The molecule has 16 heavy (non-hydrogen) atoms. The summed E-state index contributed by atoms with van der Waals surface area (Å²) in [5.41, 5.74) is 0.394. The zero-order valence-corrected chi connectivity index (χ0v) is 10.2. The summed E-state index contributed by atoms with van der Waals surface area (Å²) in [5, 5.41) is 9.94. The summed E-state index contributed by atoms with van der Waals surface area (Å²) in [6.45, 7) is 6.98. The van der Waals surface area contributed by atoms with Crippen molar-refractivity contribution in [3.63, 3.8) is 0 Å². The van der Waals surface area contributed by atoms with E-state index in [1.54, 1.807) is 0 Å². The maximum absolute atomic E-state index is 12.0. The number of rotatable bonds is 6. The summed E-state index contributed by atoms with van der Waals surface area (Å²) < 4.78 is 0. The lowest BCUT2D eigenvalue weighted by Gasteiger charge is -2.25. The van der Waals surface area contributed by atoms with E-state index in [1.807, 2.05) is 18.7 Å². The lowest BCUT2D eigenvalue weighted by Crippen LogP contribution is -2.37. The Hall–Kier alpha value is -1.39. The van der Waals surface area contributed by atoms with Crippen LogP contribution in [0, 0.1) is 0 Å². The maximum Gasteiger partial charge on any atom is 0.276 e. The number of amides is 1. The fourth-order valence-electron chi connectivity index (χ4n) is 1.58. The highest BCUT2D eigenvalue weighted by Crippen LogP contribution is 2.07. The number of unbranched alkanes of at least 4 members (excludes halogenated alkanes) is 2. The molecule has 0 radical (unpaired) electrons. The van der Waals surface area contributed by atoms with Crippen LogP contribution < -0.4 is 0 Å². The molecule has 1 N–H and O–H groups in total. The molecule has 1 amide bonds. The molecule has 0 saturated carbocycles. The number of carbonyl (C=O) groups excluding carboxylic acids is 1. The van der Waals surface area contributed by atoms with E-state index in [0.29, 0.717) is 5.69 Å². The van der Waals surface area contributed by atoms with Crippen LogP contribution in [0.2, 0.25) is 0 Å². The molecule has 5 nitrogen and oxygen atoms in total. The summed E-state index contributed by atoms with van der Waals surface area (Å²) in [6, 6.07) is 0.195. The van der Waals surface area contributed by atoms with E-state index in [-0.39, 0.29) is 11.9 Å². The third kappa shape index (κ3) is 3.32. The van der Waals surface area contributed by atoms with Gasteiger partial charge in [0.25, 0.3) is 5.91 Å². The van der Waals surface area contributed by atoms with Crippen molar-refractivity contribution < 1.29 is 4.79 Å². The summed E-state index contributed by atoms with van der Waals surface area (Å²) >= 11 is 0. The first-order valence-electron chi connectivity index (χ1n) is 5.83. The fourth-order valence-corrected chi connectivity index (χ4v) is 1.58. The Bertz CT molecular complexity index is 308. The molecule has 0 saturated heterocycles. The number of hydrogen-bond acceptors (Lipinski definition) is 3. The largest absolute Gasteiger partial charge is 0.335 e. The van der Waals surface area contributed by atoms with E-state index in [1.165, 1.54) is 6.20 Å². The van der Waals surface area contributed by atoms with Crippen LogP contribution in [-0.2, 0) is 0 Å². The molecule has 1 aromatic heterocycles. The first-order chi connectivity index (χ1) is 7.66. The lowest BCUT2D eigenvalue weighted by atomic mass is 10.2. The molecule has 0 aromatic carbocycles. The van der Waals surface area contributed by atoms with Gasteiger partial charge in [0.2, 0.25) is 0 Å². The summed E-state index contributed by atoms with van der Waals surface area (Å²) in [4.78, 5) is 13.9. The summed E-state index contributed by atoms with van der Waals surface area (Å²) in [6.07, 6.45) is 4.81. The minimum Gasteiger partial charge on any atom is -0.335 e. The molecule has 0 aliphatic heterocycles. The average molecular weight is 224 g/mol. The van der Waals surface area contributed by atoms with Gasteiger partial charge in [-0.2, -0.15) is 15.4 Å². The Balaban J connectivity index is 2.59. The van der Waals surface area contributed by atoms with E-state index >= 15 is 0 Å². The van der Waals surface area contributed by atoms with E-state index in [2.05, 4.69) is 22.3 Å². The predicted octanol–water partition coefficient (Wildman–Crippen LogP) is 1.85. The van der Waals surface area contributed by atoms with Crippen LogP contribution in [0.1, 0.15) is 50.5 Å². The van der Waals surface area contributed by atoms with Crippen LogP contribution >= 0.6 is 0 Å². The Morgan fingerprint density at radius 1 is 1.50 bits per heavy atom. The number of hydrogen-bond donors (Lipinski definition) is 1. The van der Waals surface area contributed by atoms with Crippen molar-refractivity contribution in [3.05, 3.63) is 11.9 Å². The first kappa shape index (κ1) is 12.7. The van der Waals surface area contributed by atoms with Crippen molar-refractivity contribution >= 4 is 5.91 Å². The van der Waals surface area contributed by atoms with E-state index in [0.717, 1.165) is 25.8 Å². The topological polar surface area (TPSA) is 61.9 Å². The van der Waals surface area contributed by atoms with Gasteiger partial charge in [0, 0.05) is 12.6 Å². The van der Waals surface area contributed by atoms with Gasteiger partial charge in [-0.15, -0.1) is 0 Å². The first-order valence-corrected chi connectivity index (χ1v) is 5.83. The van der Waals surface area contributed by atoms with E-state index in [4.69, 9.17) is 0 Å². The van der Waals surface area contributed by atoms with E-state index in [9.17, 15) is 4.79 Å². The molecule has 1 heterocycles. The van der Waals surface area contributed by atoms with Gasteiger partial charge in [-0.1, -0.05) is 19.8 Å². The molecule has 0 unspecified atom stereocenters. The number of carbonyl (C=O) groups is 1. The van der Waals surface area contributed by atoms with Gasteiger partial charge < -0.3 is 4.90 Å². The number of H-pyrrole nitrogens is 1. The molecule has 90 valence electrons. The smallest absolute Gasteiger partial charge is 0.276 e. The molecule has 0 aliphatic rings. The minimum absolute atomic E-state index is 0.0418. The van der Waals surface area contributed by atoms with Crippen molar-refractivity contribution in [1.29, 1.82) is 0 Å². The minimum atomic E-state index is -0.0418. The van der Waals surface area contributed by atoms with Crippen molar-refractivity contribution in [2.24, 2.45) is 0 Å². The molecule has 0 atom stereocenters. The second-order valence-electron chi connectivity index (χ2n) is 4.15. The summed E-state index contributed by atoms with van der Waals surface area (Å²) in [7, 11) is 0. The zero-order chi connectivity index (χ0) is 12.0. The monoisotopic (exact) mass is 224 g/mol. The highest BCUT2D eigenvalue weighted by atomic mass is 16.2. The third-order valence-electron chi connectivity index (χ3n) is 2.52. The van der Waals surface area contributed by atoms with Gasteiger partial charge in [0.05, 0.1) is 6.20 Å². The zero-order valence-electron chi connectivity index (χ0n) is 10.2. The van der Waals surface area contributed by atoms with Crippen LogP contribution in [-0.4, -0.2) is 38.8 Å². The van der Waals surface area contributed by atoms with Crippen molar-refractivity contribution in [1.82, 2.24) is 20.3 Å². The molecular formula is C11H20N4O. The Morgan fingerprint density at radius 2 is 2.25 bits per heavy atom. The second-order valence-corrected chi connectivity index (χ2v) is 4.15. The standard InChI is InChI=1S/C11H20N4O/c1-4-5-6-7-15(9(2)3)11(16)10-8-12-14-13-10/h8-9H,4-7H2,1-3H3,(H,12,13,14).